The van der Waals surface area contributed by atoms with E-state index in [-0.39, 0.29) is 6.61 Å². The third-order valence-electron chi connectivity index (χ3n) is 3.65. The molecule has 0 heterocycles. The highest BCUT2D eigenvalue weighted by Crippen LogP contribution is 2.49. The molecule has 0 bridgehead atoms. The lowest BCUT2D eigenvalue weighted by atomic mass is 10.1. The van der Waals surface area contributed by atoms with Crippen LogP contribution in [-0.4, -0.2) is 26.4 Å². The van der Waals surface area contributed by atoms with Crippen molar-refractivity contribution in [2.75, 3.05) is 26.4 Å². The standard InChI is InChI=1S/C19H33O6P/c1-3-5-6-7-8-9-13-16-22-26(20,23-18-17-21-4-2)25-24-19-14-11-10-12-15-19/h10-12,14-15H,3-9,13,16-18H2,1-2H3. The van der Waals surface area contributed by atoms with E-state index in [1.807, 2.05) is 13.0 Å². The summed E-state index contributed by atoms with van der Waals surface area (Å²) in [4.78, 5) is 5.10. The highest BCUT2D eigenvalue weighted by atomic mass is 31.2. The molecule has 0 N–H and O–H groups in total. The first-order valence-corrected chi connectivity index (χ1v) is 11.0. The molecule has 6 nitrogen and oxygen atoms in total. The Morgan fingerprint density at radius 3 is 2.15 bits per heavy atom. The van der Waals surface area contributed by atoms with Crippen molar-refractivity contribution in [3.05, 3.63) is 30.3 Å². The van der Waals surface area contributed by atoms with Crippen LogP contribution in [-0.2, 0) is 23.0 Å². The Morgan fingerprint density at radius 1 is 0.808 bits per heavy atom. The number of para-hydroxylation sites is 1. The van der Waals surface area contributed by atoms with Crippen molar-refractivity contribution in [3.63, 3.8) is 0 Å². The van der Waals surface area contributed by atoms with Gasteiger partial charge in [-0.1, -0.05) is 68.3 Å². The van der Waals surface area contributed by atoms with Gasteiger partial charge in [0.2, 0.25) is 0 Å². The Bertz CT molecular complexity index is 482. The fourth-order valence-electron chi connectivity index (χ4n) is 2.23. The molecule has 150 valence electrons. The molecule has 0 amide bonds. The normalized spacial score (nSPS) is 13.5. The topological polar surface area (TPSA) is 63.2 Å². The minimum atomic E-state index is -3.79. The molecule has 0 fully saturated rings. The van der Waals surface area contributed by atoms with Crippen molar-refractivity contribution in [2.45, 2.75) is 58.8 Å². The Balaban J connectivity index is 2.33. The molecular weight excluding hydrogens is 355 g/mol. The van der Waals surface area contributed by atoms with Gasteiger partial charge < -0.3 is 9.62 Å². The highest BCUT2D eigenvalue weighted by Gasteiger charge is 2.29. The molecule has 1 unspecified atom stereocenters. The third kappa shape index (κ3) is 11.7. The van der Waals surface area contributed by atoms with Gasteiger partial charge in [0.15, 0.2) is 5.75 Å². The molecule has 0 radical (unpaired) electrons. The van der Waals surface area contributed by atoms with Gasteiger partial charge in [-0.05, 0) is 25.5 Å². The smallest absolute Gasteiger partial charge is 0.379 e. The van der Waals surface area contributed by atoms with Gasteiger partial charge in [0.25, 0.3) is 0 Å². The lowest BCUT2D eigenvalue weighted by Crippen LogP contribution is -2.08. The van der Waals surface area contributed by atoms with Gasteiger partial charge in [0, 0.05) is 6.61 Å². The molecule has 0 aliphatic rings. The Kier molecular flexibility index (Phi) is 13.5. The lowest BCUT2D eigenvalue weighted by molar-refractivity contribution is -0.133. The minimum absolute atomic E-state index is 0.111. The Labute approximate surface area is 157 Å². The Hall–Kier alpha value is -0.910. The summed E-state index contributed by atoms with van der Waals surface area (Å²) in [7, 11) is -3.79. The van der Waals surface area contributed by atoms with E-state index >= 15 is 0 Å². The van der Waals surface area contributed by atoms with Crippen LogP contribution < -0.4 is 4.89 Å². The van der Waals surface area contributed by atoms with Gasteiger partial charge in [-0.15, -0.1) is 0 Å². The first-order chi connectivity index (χ1) is 12.7. The van der Waals surface area contributed by atoms with Crippen LogP contribution >= 0.6 is 7.82 Å². The molecule has 0 saturated carbocycles. The molecule has 1 atom stereocenters. The zero-order valence-corrected chi connectivity index (χ0v) is 17.0. The number of benzene rings is 1. The van der Waals surface area contributed by atoms with Crippen LogP contribution in [0.2, 0.25) is 0 Å². The van der Waals surface area contributed by atoms with E-state index in [4.69, 9.17) is 23.3 Å². The second-order valence-corrected chi connectivity index (χ2v) is 7.46. The number of phosphoric ester groups is 1. The average molecular weight is 388 g/mol. The van der Waals surface area contributed by atoms with E-state index in [0.717, 1.165) is 19.3 Å². The fourth-order valence-corrected chi connectivity index (χ4v) is 3.22. The first-order valence-electron chi connectivity index (χ1n) is 9.58. The number of phosphoric acid groups is 1. The number of hydrogen-bond acceptors (Lipinski definition) is 6. The average Bonchev–Trinajstić information content (AvgIpc) is 2.67. The predicted molar refractivity (Wildman–Crippen MR) is 102 cm³/mol. The van der Waals surface area contributed by atoms with Crippen LogP contribution in [0.25, 0.3) is 0 Å². The van der Waals surface area contributed by atoms with Crippen LogP contribution in [0.1, 0.15) is 58.8 Å². The monoisotopic (exact) mass is 388 g/mol. The molecule has 0 spiro atoms. The van der Waals surface area contributed by atoms with Crippen LogP contribution in [0.4, 0.5) is 0 Å². The van der Waals surface area contributed by atoms with Crippen molar-refractivity contribution in [2.24, 2.45) is 0 Å². The quantitative estimate of drug-likeness (QED) is 0.143. The minimum Gasteiger partial charge on any atom is -0.379 e. The van der Waals surface area contributed by atoms with Crippen molar-refractivity contribution >= 4 is 7.82 Å². The zero-order chi connectivity index (χ0) is 18.9. The number of unbranched alkanes of at least 4 members (excludes halogenated alkanes) is 6. The first kappa shape index (κ1) is 23.1. The second-order valence-electron chi connectivity index (χ2n) is 5.90. The zero-order valence-electron chi connectivity index (χ0n) is 16.1. The Morgan fingerprint density at radius 2 is 1.46 bits per heavy atom. The summed E-state index contributed by atoms with van der Waals surface area (Å²) in [5, 5.41) is 0. The fraction of sp³-hybridized carbons (Fsp3) is 0.684. The summed E-state index contributed by atoms with van der Waals surface area (Å²) in [6.07, 6.45) is 8.00. The highest BCUT2D eigenvalue weighted by molar-refractivity contribution is 7.48. The number of hydrogen-bond donors (Lipinski definition) is 0. The van der Waals surface area contributed by atoms with Crippen LogP contribution in [0.15, 0.2) is 30.3 Å². The molecule has 0 aliphatic carbocycles. The van der Waals surface area contributed by atoms with Crippen molar-refractivity contribution < 1.29 is 27.9 Å². The summed E-state index contributed by atoms with van der Waals surface area (Å²) in [6.45, 7) is 5.38. The van der Waals surface area contributed by atoms with Crippen molar-refractivity contribution in [3.8, 4) is 5.75 Å². The molecular formula is C19H33O6P. The molecule has 26 heavy (non-hydrogen) atoms. The number of rotatable bonds is 17. The van der Waals surface area contributed by atoms with Gasteiger partial charge in [-0.25, -0.2) is 4.57 Å². The summed E-state index contributed by atoms with van der Waals surface area (Å²) in [5.74, 6) is 0.431. The van der Waals surface area contributed by atoms with Gasteiger partial charge in [0.05, 0.1) is 19.8 Å². The van der Waals surface area contributed by atoms with Crippen LogP contribution in [0.3, 0.4) is 0 Å². The van der Waals surface area contributed by atoms with Crippen LogP contribution in [0.5, 0.6) is 5.75 Å². The van der Waals surface area contributed by atoms with E-state index in [1.54, 1.807) is 24.3 Å². The largest absolute Gasteiger partial charge is 0.511 e. The van der Waals surface area contributed by atoms with E-state index < -0.39 is 7.82 Å². The van der Waals surface area contributed by atoms with E-state index in [9.17, 15) is 4.57 Å². The van der Waals surface area contributed by atoms with Gasteiger partial charge >= 0.3 is 7.82 Å². The third-order valence-corrected chi connectivity index (χ3v) is 4.90. The molecule has 0 saturated heterocycles. The van der Waals surface area contributed by atoms with Gasteiger partial charge in [-0.3, -0.25) is 9.05 Å². The van der Waals surface area contributed by atoms with E-state index in [0.29, 0.717) is 25.6 Å². The van der Waals surface area contributed by atoms with Crippen molar-refractivity contribution in [1.82, 2.24) is 0 Å². The molecule has 7 heteroatoms. The summed E-state index contributed by atoms with van der Waals surface area (Å²) >= 11 is 0. The van der Waals surface area contributed by atoms with Crippen LogP contribution in [0, 0.1) is 0 Å². The second kappa shape index (κ2) is 15.2. The van der Waals surface area contributed by atoms with Gasteiger partial charge in [0.1, 0.15) is 0 Å². The molecule has 0 aromatic heterocycles. The SMILES string of the molecule is CCCCCCCCCOP(=O)(OCCOCC)OOc1ccccc1. The number of ether oxygens (including phenoxy) is 1. The lowest BCUT2D eigenvalue weighted by Gasteiger charge is -2.17. The molecule has 1 rings (SSSR count). The summed E-state index contributed by atoms with van der Waals surface area (Å²) < 4.78 is 33.5. The maximum Gasteiger partial charge on any atom is 0.511 e. The molecule has 0 aliphatic heterocycles. The van der Waals surface area contributed by atoms with E-state index in [1.165, 1.54) is 25.7 Å². The summed E-state index contributed by atoms with van der Waals surface area (Å²) in [6, 6.07) is 8.82. The molecule has 1 aromatic carbocycles. The van der Waals surface area contributed by atoms with Gasteiger partial charge in [-0.2, -0.15) is 0 Å². The summed E-state index contributed by atoms with van der Waals surface area (Å²) in [5.41, 5.74) is 0. The van der Waals surface area contributed by atoms with Crippen molar-refractivity contribution in [1.29, 1.82) is 0 Å². The van der Waals surface area contributed by atoms with E-state index in [2.05, 4.69) is 6.92 Å². The maximum absolute atomic E-state index is 12.7. The molecule has 1 aromatic rings. The predicted octanol–water partition coefficient (Wildman–Crippen LogP) is 5.93. The maximum atomic E-state index is 12.7.